The molecule has 20 heavy (non-hydrogen) atoms. The highest BCUT2D eigenvalue weighted by atomic mass is 16.6. The van der Waals surface area contributed by atoms with Crippen molar-refractivity contribution in [2.45, 2.75) is 0 Å². The number of hydrogen-bond acceptors (Lipinski definition) is 5. The molecule has 1 heterocycles. The van der Waals surface area contributed by atoms with Crippen LogP contribution >= 0.6 is 0 Å². The summed E-state index contributed by atoms with van der Waals surface area (Å²) in [5, 5.41) is 10.5. The number of carbonyl (C=O) groups excluding carboxylic acids is 1. The van der Waals surface area contributed by atoms with Crippen LogP contribution in [0.1, 0.15) is 10.6 Å². The van der Waals surface area contributed by atoms with E-state index in [1.807, 2.05) is 0 Å². The zero-order valence-corrected chi connectivity index (χ0v) is 10.2. The molecule has 0 fully saturated rings. The molecule has 0 spiro atoms. The molecule has 0 saturated heterocycles. The van der Waals surface area contributed by atoms with Gasteiger partial charge in [0, 0.05) is 17.7 Å². The molecule has 100 valence electrons. The Hall–Kier alpha value is -3.07. The molecule has 2 rings (SSSR count). The van der Waals surface area contributed by atoms with Gasteiger partial charge in [-0.15, -0.1) is 6.42 Å². The van der Waals surface area contributed by atoms with Crippen molar-refractivity contribution in [3.05, 3.63) is 52.3 Å². The molecular formula is C14H9NO5. The predicted molar refractivity (Wildman–Crippen MR) is 69.9 cm³/mol. The SMILES string of the molecule is C#CCOC(=O)c1ccc(-c2ccc([N+](=O)[O-])cc2)o1. The highest BCUT2D eigenvalue weighted by Gasteiger charge is 2.14. The van der Waals surface area contributed by atoms with Crippen LogP contribution in [0.3, 0.4) is 0 Å². The number of terminal acetylenes is 1. The van der Waals surface area contributed by atoms with Crippen LogP contribution < -0.4 is 0 Å². The molecule has 2 aromatic rings. The lowest BCUT2D eigenvalue weighted by Gasteiger charge is -1.98. The van der Waals surface area contributed by atoms with E-state index in [2.05, 4.69) is 5.92 Å². The summed E-state index contributed by atoms with van der Waals surface area (Å²) in [7, 11) is 0. The van der Waals surface area contributed by atoms with E-state index in [1.165, 1.54) is 30.3 Å². The van der Waals surface area contributed by atoms with Gasteiger partial charge in [-0.3, -0.25) is 10.1 Å². The minimum absolute atomic E-state index is 0.0195. The molecule has 1 aromatic carbocycles. The molecule has 0 bridgehead atoms. The lowest BCUT2D eigenvalue weighted by atomic mass is 10.1. The maximum Gasteiger partial charge on any atom is 0.375 e. The first kappa shape index (κ1) is 13.4. The average molecular weight is 271 g/mol. The van der Waals surface area contributed by atoms with E-state index < -0.39 is 10.9 Å². The fourth-order valence-corrected chi connectivity index (χ4v) is 1.53. The van der Waals surface area contributed by atoms with Crippen LogP contribution in [0.5, 0.6) is 0 Å². The number of hydrogen-bond donors (Lipinski definition) is 0. The van der Waals surface area contributed by atoms with Crippen molar-refractivity contribution in [1.82, 2.24) is 0 Å². The summed E-state index contributed by atoms with van der Waals surface area (Å²) < 4.78 is 10.0. The smallest absolute Gasteiger partial charge is 0.375 e. The highest BCUT2D eigenvalue weighted by Crippen LogP contribution is 2.24. The first-order chi connectivity index (χ1) is 9.61. The van der Waals surface area contributed by atoms with Crippen molar-refractivity contribution >= 4 is 11.7 Å². The standard InChI is InChI=1S/C14H9NO5/c1-2-9-19-14(16)13-8-7-12(20-13)10-3-5-11(6-4-10)15(17)18/h1,3-8H,9H2. The molecule has 0 atom stereocenters. The van der Waals surface area contributed by atoms with Gasteiger partial charge in [-0.1, -0.05) is 5.92 Å². The summed E-state index contributed by atoms with van der Waals surface area (Å²) in [5.74, 6) is 1.95. The van der Waals surface area contributed by atoms with E-state index in [0.29, 0.717) is 11.3 Å². The van der Waals surface area contributed by atoms with Crippen molar-refractivity contribution < 1.29 is 18.9 Å². The molecule has 6 heteroatoms. The number of nitro groups is 1. The second-order valence-electron chi connectivity index (χ2n) is 3.75. The van der Waals surface area contributed by atoms with E-state index in [0.717, 1.165) is 0 Å². The van der Waals surface area contributed by atoms with E-state index in [9.17, 15) is 14.9 Å². The van der Waals surface area contributed by atoms with E-state index >= 15 is 0 Å². The maximum atomic E-state index is 11.5. The average Bonchev–Trinajstić information content (AvgIpc) is 2.94. The van der Waals surface area contributed by atoms with Crippen molar-refractivity contribution in [1.29, 1.82) is 0 Å². The van der Waals surface area contributed by atoms with Crippen molar-refractivity contribution in [2.24, 2.45) is 0 Å². The Kier molecular flexibility index (Phi) is 3.82. The number of carbonyl (C=O) groups is 1. The normalized spacial score (nSPS) is 9.75. The summed E-state index contributed by atoms with van der Waals surface area (Å²) in [6, 6.07) is 8.81. The summed E-state index contributed by atoms with van der Waals surface area (Å²) >= 11 is 0. The molecule has 0 saturated carbocycles. The molecule has 0 aliphatic carbocycles. The fraction of sp³-hybridized carbons (Fsp3) is 0.0714. The molecule has 0 unspecified atom stereocenters. The number of rotatable bonds is 4. The quantitative estimate of drug-likeness (QED) is 0.369. The predicted octanol–water partition coefficient (Wildman–Crippen LogP) is 2.64. The molecule has 0 aliphatic heterocycles. The Bertz CT molecular complexity index is 678. The van der Waals surface area contributed by atoms with Gasteiger partial charge in [0.15, 0.2) is 6.61 Å². The fourth-order valence-electron chi connectivity index (χ4n) is 1.53. The van der Waals surface area contributed by atoms with Crippen molar-refractivity contribution in [3.8, 4) is 23.7 Å². The minimum Gasteiger partial charge on any atom is -0.449 e. The Labute approximate surface area is 114 Å². The Balaban J connectivity index is 2.18. The molecule has 6 nitrogen and oxygen atoms in total. The molecule has 0 aliphatic rings. The van der Waals surface area contributed by atoms with E-state index in [-0.39, 0.29) is 18.1 Å². The number of furan rings is 1. The lowest BCUT2D eigenvalue weighted by Crippen LogP contribution is -2.03. The molecule has 0 N–H and O–H groups in total. The first-order valence-corrected chi connectivity index (χ1v) is 5.57. The van der Waals surface area contributed by atoms with Gasteiger partial charge in [-0.25, -0.2) is 4.79 Å². The zero-order valence-electron chi connectivity index (χ0n) is 10.2. The highest BCUT2D eigenvalue weighted by molar-refractivity contribution is 5.87. The summed E-state index contributed by atoms with van der Waals surface area (Å²) in [4.78, 5) is 21.5. The van der Waals surface area contributed by atoms with Crippen LogP contribution in [0.4, 0.5) is 5.69 Å². The van der Waals surface area contributed by atoms with Crippen LogP contribution in [0, 0.1) is 22.5 Å². The van der Waals surface area contributed by atoms with Gasteiger partial charge in [0.05, 0.1) is 4.92 Å². The molecule has 0 radical (unpaired) electrons. The van der Waals surface area contributed by atoms with Gasteiger partial charge in [0.25, 0.3) is 5.69 Å². The Morgan fingerprint density at radius 2 is 2.00 bits per heavy atom. The van der Waals surface area contributed by atoms with Gasteiger partial charge >= 0.3 is 5.97 Å². The lowest BCUT2D eigenvalue weighted by molar-refractivity contribution is -0.384. The van der Waals surface area contributed by atoms with Crippen LogP contribution in [0.15, 0.2) is 40.8 Å². The van der Waals surface area contributed by atoms with Crippen LogP contribution in [-0.4, -0.2) is 17.5 Å². The second kappa shape index (κ2) is 5.71. The largest absolute Gasteiger partial charge is 0.449 e. The minimum atomic E-state index is -0.656. The number of nitrogens with zero attached hydrogens (tertiary/aromatic N) is 1. The van der Waals surface area contributed by atoms with Gasteiger partial charge < -0.3 is 9.15 Å². The van der Waals surface area contributed by atoms with Crippen LogP contribution in [0.2, 0.25) is 0 Å². The van der Waals surface area contributed by atoms with Gasteiger partial charge in [0.1, 0.15) is 5.76 Å². The van der Waals surface area contributed by atoms with E-state index in [1.54, 1.807) is 6.07 Å². The summed E-state index contributed by atoms with van der Waals surface area (Å²) in [6.07, 6.45) is 4.98. The van der Waals surface area contributed by atoms with Crippen LogP contribution in [-0.2, 0) is 4.74 Å². The molecular weight excluding hydrogens is 262 g/mol. The van der Waals surface area contributed by atoms with Gasteiger partial charge in [-0.2, -0.15) is 0 Å². The topological polar surface area (TPSA) is 82.6 Å². The third-order valence-electron chi connectivity index (χ3n) is 2.46. The summed E-state index contributed by atoms with van der Waals surface area (Å²) in [5.41, 5.74) is 0.598. The third kappa shape index (κ3) is 2.84. The Morgan fingerprint density at radius 3 is 2.60 bits per heavy atom. The van der Waals surface area contributed by atoms with E-state index in [4.69, 9.17) is 15.6 Å². The van der Waals surface area contributed by atoms with Gasteiger partial charge in [-0.05, 0) is 24.3 Å². The second-order valence-corrected chi connectivity index (χ2v) is 3.75. The number of nitro benzene ring substituents is 1. The van der Waals surface area contributed by atoms with Gasteiger partial charge in [0.2, 0.25) is 5.76 Å². The first-order valence-electron chi connectivity index (χ1n) is 5.57. The number of ether oxygens (including phenoxy) is 1. The third-order valence-corrected chi connectivity index (χ3v) is 2.46. The Morgan fingerprint density at radius 1 is 1.30 bits per heavy atom. The summed E-state index contributed by atoms with van der Waals surface area (Å²) in [6.45, 7) is -0.133. The number of non-ortho nitro benzene ring substituents is 1. The van der Waals surface area contributed by atoms with Crippen molar-refractivity contribution in [2.75, 3.05) is 6.61 Å². The monoisotopic (exact) mass is 271 g/mol. The number of benzene rings is 1. The number of esters is 1. The zero-order chi connectivity index (χ0) is 14.5. The molecule has 0 amide bonds. The van der Waals surface area contributed by atoms with Crippen molar-refractivity contribution in [3.63, 3.8) is 0 Å². The maximum absolute atomic E-state index is 11.5. The molecule has 1 aromatic heterocycles. The van der Waals surface area contributed by atoms with Crippen LogP contribution in [0.25, 0.3) is 11.3 Å².